The third-order valence-corrected chi connectivity index (χ3v) is 4.31. The summed E-state index contributed by atoms with van der Waals surface area (Å²) in [5.74, 6) is -0.0133. The number of carbonyl (C=O) groups excluding carboxylic acids is 2. The first kappa shape index (κ1) is 15.3. The van der Waals surface area contributed by atoms with Gasteiger partial charge in [-0.25, -0.2) is 0 Å². The minimum atomic E-state index is -0.142. The highest BCUT2D eigenvalue weighted by Gasteiger charge is 2.33. The minimum absolute atomic E-state index is 0.0403. The molecule has 0 radical (unpaired) electrons. The Labute approximate surface area is 135 Å². The van der Waals surface area contributed by atoms with Crippen LogP contribution in [0.25, 0.3) is 0 Å². The van der Waals surface area contributed by atoms with Gasteiger partial charge in [-0.3, -0.25) is 14.3 Å². The predicted octanol–water partition coefficient (Wildman–Crippen LogP) is 1.47. The maximum atomic E-state index is 12.9. The van der Waals surface area contributed by atoms with E-state index >= 15 is 0 Å². The molecule has 3 rings (SSSR count). The number of benzene rings is 1. The second-order valence-electron chi connectivity index (χ2n) is 5.73. The fourth-order valence-electron chi connectivity index (χ4n) is 3.00. The van der Waals surface area contributed by atoms with E-state index in [4.69, 9.17) is 0 Å². The molecule has 1 saturated heterocycles. The van der Waals surface area contributed by atoms with Gasteiger partial charge in [-0.1, -0.05) is 30.3 Å². The normalized spacial score (nSPS) is 18.1. The average Bonchev–Trinajstić information content (AvgIpc) is 3.00. The van der Waals surface area contributed by atoms with Gasteiger partial charge in [0.25, 0.3) is 5.91 Å². The molecule has 120 valence electrons. The van der Waals surface area contributed by atoms with Crippen LogP contribution in [0.5, 0.6) is 0 Å². The summed E-state index contributed by atoms with van der Waals surface area (Å²) in [6.07, 6.45) is 1.62. The molecule has 0 bridgehead atoms. The molecule has 6 heteroatoms. The number of nitrogens with zero attached hydrogens (tertiary/aromatic N) is 4. The van der Waals surface area contributed by atoms with Crippen LogP contribution in [-0.4, -0.2) is 51.0 Å². The van der Waals surface area contributed by atoms with Crippen LogP contribution < -0.4 is 0 Å². The molecule has 2 amide bonds. The highest BCUT2D eigenvalue weighted by Crippen LogP contribution is 2.27. The van der Waals surface area contributed by atoms with Crippen molar-refractivity contribution in [2.75, 3.05) is 19.6 Å². The van der Waals surface area contributed by atoms with Crippen LogP contribution in [0, 0.1) is 0 Å². The summed E-state index contributed by atoms with van der Waals surface area (Å²) in [7, 11) is 1.76. The first-order chi connectivity index (χ1) is 11.1. The molecule has 0 aliphatic carbocycles. The number of aryl methyl sites for hydroxylation is 1. The van der Waals surface area contributed by atoms with Crippen LogP contribution in [0.4, 0.5) is 0 Å². The molecule has 0 unspecified atom stereocenters. The van der Waals surface area contributed by atoms with Crippen LogP contribution in [0.1, 0.15) is 29.0 Å². The van der Waals surface area contributed by atoms with Gasteiger partial charge in [0.1, 0.15) is 5.69 Å². The standard InChI is InChI=1S/C17H20N4O2/c1-13(22)20-10-11-21(17(23)15-8-9-18-19(15)2)16(12-20)14-6-4-3-5-7-14/h3-9,16H,10-12H2,1-2H3/t16-/m0/s1. The molecule has 1 fully saturated rings. The van der Waals surface area contributed by atoms with Gasteiger partial charge in [0.15, 0.2) is 0 Å². The zero-order valence-corrected chi connectivity index (χ0v) is 13.3. The molecular weight excluding hydrogens is 292 g/mol. The summed E-state index contributed by atoms with van der Waals surface area (Å²) in [5, 5.41) is 4.08. The topological polar surface area (TPSA) is 58.4 Å². The largest absolute Gasteiger partial charge is 0.339 e. The Morgan fingerprint density at radius 2 is 1.87 bits per heavy atom. The summed E-state index contributed by atoms with van der Waals surface area (Å²) in [5.41, 5.74) is 1.59. The van der Waals surface area contributed by atoms with Crippen molar-refractivity contribution in [3.05, 3.63) is 53.9 Å². The van der Waals surface area contributed by atoms with Crippen molar-refractivity contribution in [3.63, 3.8) is 0 Å². The van der Waals surface area contributed by atoms with E-state index in [0.29, 0.717) is 25.3 Å². The Morgan fingerprint density at radius 1 is 1.13 bits per heavy atom. The van der Waals surface area contributed by atoms with Gasteiger partial charge < -0.3 is 9.80 Å². The Hall–Kier alpha value is -2.63. The maximum absolute atomic E-state index is 12.9. The van der Waals surface area contributed by atoms with Crippen molar-refractivity contribution in [1.29, 1.82) is 0 Å². The number of hydrogen-bond donors (Lipinski definition) is 0. The summed E-state index contributed by atoms with van der Waals surface area (Å²) in [4.78, 5) is 28.3. The molecule has 23 heavy (non-hydrogen) atoms. The molecule has 1 aromatic heterocycles. The minimum Gasteiger partial charge on any atom is -0.339 e. The van der Waals surface area contributed by atoms with Crippen molar-refractivity contribution >= 4 is 11.8 Å². The molecule has 1 atom stereocenters. The van der Waals surface area contributed by atoms with E-state index in [0.717, 1.165) is 5.56 Å². The Kier molecular flexibility index (Phi) is 4.14. The number of carbonyl (C=O) groups is 2. The number of piperazine rings is 1. The summed E-state index contributed by atoms with van der Waals surface area (Å²) in [6, 6.07) is 11.4. The lowest BCUT2D eigenvalue weighted by Gasteiger charge is -2.41. The lowest BCUT2D eigenvalue weighted by Crippen LogP contribution is -2.52. The van der Waals surface area contributed by atoms with Crippen molar-refractivity contribution in [1.82, 2.24) is 19.6 Å². The van der Waals surface area contributed by atoms with Crippen molar-refractivity contribution < 1.29 is 9.59 Å². The van der Waals surface area contributed by atoms with E-state index in [1.54, 1.807) is 35.8 Å². The van der Waals surface area contributed by atoms with Gasteiger partial charge in [0.05, 0.1) is 6.04 Å². The Bertz CT molecular complexity index is 710. The third kappa shape index (κ3) is 2.97. The van der Waals surface area contributed by atoms with Gasteiger partial charge in [-0.2, -0.15) is 5.10 Å². The smallest absolute Gasteiger partial charge is 0.272 e. The third-order valence-electron chi connectivity index (χ3n) is 4.31. The molecule has 1 aliphatic rings. The number of amides is 2. The second-order valence-corrected chi connectivity index (χ2v) is 5.73. The van der Waals surface area contributed by atoms with Gasteiger partial charge in [0, 0.05) is 39.8 Å². The van der Waals surface area contributed by atoms with Crippen LogP contribution in [0.2, 0.25) is 0 Å². The molecule has 1 aliphatic heterocycles. The van der Waals surface area contributed by atoms with Crippen LogP contribution in [-0.2, 0) is 11.8 Å². The van der Waals surface area contributed by atoms with Gasteiger partial charge in [-0.05, 0) is 11.6 Å². The lowest BCUT2D eigenvalue weighted by atomic mass is 10.0. The number of rotatable bonds is 2. The second kappa shape index (κ2) is 6.24. The summed E-state index contributed by atoms with van der Waals surface area (Å²) < 4.78 is 1.59. The van der Waals surface area contributed by atoms with Gasteiger partial charge in [-0.15, -0.1) is 0 Å². The van der Waals surface area contributed by atoms with Crippen molar-refractivity contribution in [3.8, 4) is 0 Å². The molecule has 2 aromatic rings. The van der Waals surface area contributed by atoms with E-state index in [1.165, 1.54) is 0 Å². The highest BCUT2D eigenvalue weighted by atomic mass is 16.2. The molecule has 0 spiro atoms. The molecular formula is C17H20N4O2. The van der Waals surface area contributed by atoms with Crippen molar-refractivity contribution in [2.45, 2.75) is 13.0 Å². The first-order valence-electron chi connectivity index (χ1n) is 7.67. The van der Waals surface area contributed by atoms with E-state index in [9.17, 15) is 9.59 Å². The monoisotopic (exact) mass is 312 g/mol. The Balaban J connectivity index is 1.92. The van der Waals surface area contributed by atoms with Crippen LogP contribution >= 0.6 is 0 Å². The highest BCUT2D eigenvalue weighted by molar-refractivity contribution is 5.93. The van der Waals surface area contributed by atoms with Crippen molar-refractivity contribution in [2.24, 2.45) is 7.05 Å². The molecule has 0 saturated carbocycles. The SMILES string of the molecule is CC(=O)N1CCN(C(=O)c2ccnn2C)[C@H](c2ccccc2)C1. The molecule has 0 N–H and O–H groups in total. The van der Waals surface area contributed by atoms with E-state index in [2.05, 4.69) is 5.10 Å². The van der Waals surface area contributed by atoms with Crippen LogP contribution in [0.15, 0.2) is 42.6 Å². The zero-order valence-electron chi connectivity index (χ0n) is 13.3. The summed E-state index contributed by atoms with van der Waals surface area (Å²) in [6.45, 7) is 3.16. The quantitative estimate of drug-likeness (QED) is 0.843. The zero-order chi connectivity index (χ0) is 16.4. The fraction of sp³-hybridized carbons (Fsp3) is 0.353. The lowest BCUT2D eigenvalue weighted by molar-refractivity contribution is -0.131. The van der Waals surface area contributed by atoms with Gasteiger partial charge >= 0.3 is 0 Å². The number of aromatic nitrogens is 2. The predicted molar refractivity (Wildman–Crippen MR) is 85.7 cm³/mol. The molecule has 6 nitrogen and oxygen atoms in total. The van der Waals surface area contributed by atoms with Gasteiger partial charge in [0.2, 0.25) is 5.91 Å². The van der Waals surface area contributed by atoms with E-state index < -0.39 is 0 Å². The first-order valence-corrected chi connectivity index (χ1v) is 7.67. The van der Waals surface area contributed by atoms with Crippen LogP contribution in [0.3, 0.4) is 0 Å². The Morgan fingerprint density at radius 3 is 2.48 bits per heavy atom. The fourth-order valence-corrected chi connectivity index (χ4v) is 3.00. The molecule has 1 aromatic carbocycles. The summed E-state index contributed by atoms with van der Waals surface area (Å²) >= 11 is 0. The van der Waals surface area contributed by atoms with E-state index in [1.807, 2.05) is 35.2 Å². The van der Waals surface area contributed by atoms with E-state index in [-0.39, 0.29) is 17.9 Å². The number of hydrogen-bond acceptors (Lipinski definition) is 3. The molecule has 2 heterocycles. The maximum Gasteiger partial charge on any atom is 0.272 e. The average molecular weight is 312 g/mol.